The van der Waals surface area contributed by atoms with Gasteiger partial charge in [-0.25, -0.2) is 0 Å². The van der Waals surface area contributed by atoms with Crippen LogP contribution in [0.15, 0.2) is 41.0 Å². The molecule has 0 aliphatic carbocycles. The molecule has 7 heteroatoms. The van der Waals surface area contributed by atoms with Gasteiger partial charge < -0.3 is 11.5 Å². The van der Waals surface area contributed by atoms with Gasteiger partial charge in [-0.2, -0.15) is 5.10 Å². The average molecular weight is 419 g/mol. The summed E-state index contributed by atoms with van der Waals surface area (Å²) in [6.45, 7) is 2.37. The number of aromatic nitrogens is 2. The van der Waals surface area contributed by atoms with E-state index in [0.29, 0.717) is 11.4 Å². The molecule has 4 N–H and O–H groups in total. The Labute approximate surface area is 158 Å². The maximum absolute atomic E-state index is 12.1. The van der Waals surface area contributed by atoms with Gasteiger partial charge in [0.2, 0.25) is 0 Å². The molecular formula is C18H19BrN4OS. The monoisotopic (exact) mass is 418 g/mol. The molecule has 1 aromatic carbocycles. The third kappa shape index (κ3) is 3.15. The Kier molecular flexibility index (Phi) is 5.08. The maximum Gasteiger partial charge on any atom is 0.259 e. The first-order valence-electron chi connectivity index (χ1n) is 7.81. The molecule has 5 nitrogen and oxygen atoms in total. The van der Waals surface area contributed by atoms with Crippen LogP contribution in [0.3, 0.4) is 0 Å². The Morgan fingerprint density at radius 1 is 1.36 bits per heavy atom. The fourth-order valence-corrected chi connectivity index (χ4v) is 4.79. The fourth-order valence-electron chi connectivity index (χ4n) is 3.17. The zero-order valence-electron chi connectivity index (χ0n) is 14.0. The number of nitrogens with two attached hydrogens (primary N) is 2. The van der Waals surface area contributed by atoms with Crippen molar-refractivity contribution in [3.63, 3.8) is 0 Å². The van der Waals surface area contributed by atoms with Crippen LogP contribution in [0, 0.1) is 6.92 Å². The van der Waals surface area contributed by atoms with Crippen LogP contribution in [0.25, 0.3) is 11.3 Å². The third-order valence-corrected chi connectivity index (χ3v) is 5.98. The second-order valence-corrected chi connectivity index (χ2v) is 7.88. The van der Waals surface area contributed by atoms with E-state index in [9.17, 15) is 4.79 Å². The molecule has 3 rings (SSSR count). The van der Waals surface area contributed by atoms with Crippen LogP contribution in [0.4, 0.5) is 0 Å². The first-order valence-corrected chi connectivity index (χ1v) is 9.42. The number of primary amides is 1. The fraction of sp³-hybridized carbons (Fsp3) is 0.222. The number of amides is 1. The lowest BCUT2D eigenvalue weighted by Gasteiger charge is -2.19. The van der Waals surface area contributed by atoms with Gasteiger partial charge in [0.15, 0.2) is 0 Å². The number of aryl methyl sites for hydroxylation is 2. The summed E-state index contributed by atoms with van der Waals surface area (Å²) in [5.41, 5.74) is 15.7. The van der Waals surface area contributed by atoms with Crippen LogP contribution >= 0.6 is 27.3 Å². The minimum atomic E-state index is -0.429. The molecule has 0 saturated carbocycles. The molecule has 0 bridgehead atoms. The highest BCUT2D eigenvalue weighted by Crippen LogP contribution is 2.44. The van der Waals surface area contributed by atoms with Crippen LogP contribution in [-0.4, -0.2) is 22.2 Å². The molecule has 0 radical (unpaired) electrons. The minimum Gasteiger partial charge on any atom is -0.365 e. The van der Waals surface area contributed by atoms with Crippen molar-refractivity contribution in [2.75, 3.05) is 6.54 Å². The zero-order chi connectivity index (χ0) is 18.1. The van der Waals surface area contributed by atoms with E-state index in [-0.39, 0.29) is 5.92 Å². The summed E-state index contributed by atoms with van der Waals surface area (Å²) in [4.78, 5) is 13.7. The quantitative estimate of drug-likeness (QED) is 0.665. The van der Waals surface area contributed by atoms with Gasteiger partial charge in [0.25, 0.3) is 5.91 Å². The van der Waals surface area contributed by atoms with Crippen molar-refractivity contribution in [3.8, 4) is 11.3 Å². The molecule has 0 spiro atoms. The van der Waals surface area contributed by atoms with E-state index in [1.807, 2.05) is 44.3 Å². The smallest absolute Gasteiger partial charge is 0.259 e. The van der Waals surface area contributed by atoms with Crippen molar-refractivity contribution in [1.29, 1.82) is 0 Å². The third-order valence-electron chi connectivity index (χ3n) is 4.26. The van der Waals surface area contributed by atoms with Gasteiger partial charge in [0.1, 0.15) is 0 Å². The molecule has 0 aliphatic rings. The van der Waals surface area contributed by atoms with E-state index in [1.165, 1.54) is 11.3 Å². The summed E-state index contributed by atoms with van der Waals surface area (Å²) >= 11 is 4.98. The van der Waals surface area contributed by atoms with E-state index in [0.717, 1.165) is 31.7 Å². The highest BCUT2D eigenvalue weighted by atomic mass is 79.9. The molecule has 0 aliphatic heterocycles. The van der Waals surface area contributed by atoms with Crippen LogP contribution in [0.2, 0.25) is 0 Å². The minimum absolute atomic E-state index is 0.120. The van der Waals surface area contributed by atoms with E-state index in [4.69, 9.17) is 11.5 Å². The number of benzene rings is 1. The van der Waals surface area contributed by atoms with Crippen LogP contribution < -0.4 is 11.5 Å². The molecule has 0 unspecified atom stereocenters. The number of hydrogen-bond donors (Lipinski definition) is 2. The molecule has 0 saturated heterocycles. The number of halogens is 1. The zero-order valence-corrected chi connectivity index (χ0v) is 16.4. The number of rotatable bonds is 5. The molecule has 1 atom stereocenters. The van der Waals surface area contributed by atoms with Gasteiger partial charge in [-0.05, 0) is 34.0 Å². The van der Waals surface area contributed by atoms with Crippen molar-refractivity contribution in [1.82, 2.24) is 9.78 Å². The summed E-state index contributed by atoms with van der Waals surface area (Å²) in [6, 6.07) is 9.96. The number of carbonyl (C=O) groups is 1. The average Bonchev–Trinajstić information content (AvgIpc) is 3.09. The SMILES string of the molecule is Cc1sc(C(N)=O)c([C@@H](CN)c2ccccc2)c1-c1c(Br)cnn1C. The number of carbonyl (C=O) groups excluding carboxylic acids is 1. The van der Waals surface area contributed by atoms with Gasteiger partial charge in [-0.3, -0.25) is 9.48 Å². The van der Waals surface area contributed by atoms with Gasteiger partial charge in [-0.15, -0.1) is 11.3 Å². The van der Waals surface area contributed by atoms with Gasteiger partial charge >= 0.3 is 0 Å². The maximum atomic E-state index is 12.1. The number of hydrogen-bond acceptors (Lipinski definition) is 4. The van der Waals surface area contributed by atoms with Crippen LogP contribution in [0.1, 0.15) is 31.6 Å². The molecule has 25 heavy (non-hydrogen) atoms. The topological polar surface area (TPSA) is 86.9 Å². The lowest BCUT2D eigenvalue weighted by atomic mass is 9.87. The normalized spacial score (nSPS) is 12.3. The van der Waals surface area contributed by atoms with E-state index >= 15 is 0 Å². The first-order chi connectivity index (χ1) is 12.0. The van der Waals surface area contributed by atoms with E-state index < -0.39 is 5.91 Å². The largest absolute Gasteiger partial charge is 0.365 e. The Morgan fingerprint density at radius 3 is 2.56 bits per heavy atom. The van der Waals surface area contributed by atoms with Gasteiger partial charge in [0.05, 0.1) is 21.2 Å². The van der Waals surface area contributed by atoms with E-state index in [1.54, 1.807) is 10.9 Å². The van der Waals surface area contributed by atoms with Crippen molar-refractivity contribution in [3.05, 3.63) is 61.9 Å². The Balaban J connectivity index is 2.32. The van der Waals surface area contributed by atoms with Crippen LogP contribution in [0.5, 0.6) is 0 Å². The van der Waals surface area contributed by atoms with Gasteiger partial charge in [-0.1, -0.05) is 30.3 Å². The molecule has 1 amide bonds. The summed E-state index contributed by atoms with van der Waals surface area (Å²) < 4.78 is 2.67. The Hall–Kier alpha value is -1.96. The Bertz CT molecular complexity index is 897. The lowest BCUT2D eigenvalue weighted by Crippen LogP contribution is -2.19. The Morgan fingerprint density at radius 2 is 2.04 bits per heavy atom. The lowest BCUT2D eigenvalue weighted by molar-refractivity contribution is 0.100. The van der Waals surface area contributed by atoms with E-state index in [2.05, 4.69) is 21.0 Å². The van der Waals surface area contributed by atoms with Gasteiger partial charge in [0, 0.05) is 30.0 Å². The summed E-state index contributed by atoms with van der Waals surface area (Å²) in [5.74, 6) is -0.549. The molecule has 3 aromatic rings. The van der Waals surface area contributed by atoms with Crippen molar-refractivity contribution < 1.29 is 4.79 Å². The molecule has 2 heterocycles. The van der Waals surface area contributed by atoms with Crippen LogP contribution in [-0.2, 0) is 7.05 Å². The number of nitrogens with zero attached hydrogens (tertiary/aromatic N) is 2. The predicted octanol–water partition coefficient (Wildman–Crippen LogP) is 3.41. The predicted molar refractivity (Wildman–Crippen MR) is 105 cm³/mol. The highest BCUT2D eigenvalue weighted by Gasteiger charge is 2.29. The molecule has 130 valence electrons. The van der Waals surface area contributed by atoms with Crippen molar-refractivity contribution in [2.45, 2.75) is 12.8 Å². The second kappa shape index (κ2) is 7.11. The molecule has 0 fully saturated rings. The summed E-state index contributed by atoms with van der Waals surface area (Å²) in [6.07, 6.45) is 1.75. The van der Waals surface area contributed by atoms with Crippen molar-refractivity contribution in [2.24, 2.45) is 18.5 Å². The summed E-state index contributed by atoms with van der Waals surface area (Å²) in [7, 11) is 1.88. The number of thiophene rings is 1. The summed E-state index contributed by atoms with van der Waals surface area (Å²) in [5, 5.41) is 4.31. The molecule has 2 aromatic heterocycles. The standard InChI is InChI=1S/C18H19BrN4OS/c1-10-14(16-13(19)9-22-23(16)2)15(17(25-10)18(21)24)12(8-20)11-6-4-3-5-7-11/h3-7,9,12H,8,20H2,1-2H3,(H2,21,24)/t12-/m0/s1. The van der Waals surface area contributed by atoms with Crippen molar-refractivity contribution >= 4 is 33.2 Å². The molecular weight excluding hydrogens is 400 g/mol. The first kappa shape index (κ1) is 17.8. The second-order valence-electron chi connectivity index (χ2n) is 5.80. The highest BCUT2D eigenvalue weighted by molar-refractivity contribution is 9.10.